The number of benzene rings is 1. The lowest BCUT2D eigenvalue weighted by atomic mass is 9.99. The molecule has 0 bridgehead atoms. The van der Waals surface area contributed by atoms with Crippen molar-refractivity contribution in [2.75, 3.05) is 0 Å². The molecule has 2 unspecified atom stereocenters. The fourth-order valence-corrected chi connectivity index (χ4v) is 2.24. The quantitative estimate of drug-likeness (QED) is 0.707. The largest absolute Gasteiger partial charge is 0.489 e. The summed E-state index contributed by atoms with van der Waals surface area (Å²) in [5.74, 6) is 0.942. The van der Waals surface area contributed by atoms with E-state index in [1.807, 2.05) is 30.3 Å². The summed E-state index contributed by atoms with van der Waals surface area (Å²) in [4.78, 5) is 0. The first-order chi connectivity index (χ1) is 7.90. The van der Waals surface area contributed by atoms with Gasteiger partial charge in [0.05, 0.1) is 12.0 Å². The number of ether oxygens (including phenoxy) is 1. The molecule has 1 aromatic carbocycles. The zero-order valence-electron chi connectivity index (χ0n) is 9.43. The van der Waals surface area contributed by atoms with Crippen LogP contribution in [0, 0.1) is 17.2 Å². The van der Waals surface area contributed by atoms with Gasteiger partial charge in [-0.3, -0.25) is 0 Å². The third kappa shape index (κ3) is 2.76. The predicted octanol–water partition coefficient (Wildman–Crippen LogP) is 3.54. The second-order valence-electron chi connectivity index (χ2n) is 4.34. The normalized spacial score (nSPS) is 25.4. The Balaban J connectivity index is 2.04. The van der Waals surface area contributed by atoms with Gasteiger partial charge >= 0.3 is 0 Å². The summed E-state index contributed by atoms with van der Waals surface area (Å²) in [6.45, 7) is 0. The van der Waals surface area contributed by atoms with Crippen LogP contribution in [0.2, 0.25) is 0 Å². The maximum Gasteiger partial charge on any atom is 0.119 e. The molecular formula is C14H17NO. The van der Waals surface area contributed by atoms with Gasteiger partial charge in [0.25, 0.3) is 0 Å². The molecule has 16 heavy (non-hydrogen) atoms. The topological polar surface area (TPSA) is 33.0 Å². The summed E-state index contributed by atoms with van der Waals surface area (Å²) in [5, 5.41) is 9.13. The molecule has 0 aromatic heterocycles. The van der Waals surface area contributed by atoms with Gasteiger partial charge in [0.1, 0.15) is 11.9 Å². The zero-order chi connectivity index (χ0) is 11.2. The van der Waals surface area contributed by atoms with Gasteiger partial charge in [-0.15, -0.1) is 0 Å². The standard InChI is InChI=1S/C14H17NO/c15-11-12-7-3-1-6-10-14(12)16-13-8-4-2-5-9-13/h2,4-5,8-9,12,14H,1,3,6-7,10H2. The van der Waals surface area contributed by atoms with Crippen LogP contribution in [0.3, 0.4) is 0 Å². The molecule has 0 heterocycles. The van der Waals surface area contributed by atoms with Crippen LogP contribution in [-0.2, 0) is 0 Å². The molecule has 0 N–H and O–H groups in total. The van der Waals surface area contributed by atoms with Crippen LogP contribution in [0.25, 0.3) is 0 Å². The first-order valence-corrected chi connectivity index (χ1v) is 6.01. The van der Waals surface area contributed by atoms with E-state index in [1.165, 1.54) is 12.8 Å². The van der Waals surface area contributed by atoms with Gasteiger partial charge < -0.3 is 4.74 Å². The van der Waals surface area contributed by atoms with Crippen molar-refractivity contribution in [3.05, 3.63) is 30.3 Å². The van der Waals surface area contributed by atoms with Crippen LogP contribution in [-0.4, -0.2) is 6.10 Å². The van der Waals surface area contributed by atoms with Crippen LogP contribution in [0.4, 0.5) is 0 Å². The van der Waals surface area contributed by atoms with Gasteiger partial charge in [0.2, 0.25) is 0 Å². The lowest BCUT2D eigenvalue weighted by molar-refractivity contribution is 0.152. The second-order valence-corrected chi connectivity index (χ2v) is 4.34. The first-order valence-electron chi connectivity index (χ1n) is 6.01. The van der Waals surface area contributed by atoms with Crippen molar-refractivity contribution in [3.8, 4) is 11.8 Å². The Morgan fingerprint density at radius 3 is 2.56 bits per heavy atom. The highest BCUT2D eigenvalue weighted by Crippen LogP contribution is 2.26. The van der Waals surface area contributed by atoms with Crippen molar-refractivity contribution >= 4 is 0 Å². The highest BCUT2D eigenvalue weighted by molar-refractivity contribution is 5.21. The first kappa shape index (κ1) is 11.0. The van der Waals surface area contributed by atoms with Crippen LogP contribution in [0.15, 0.2) is 30.3 Å². The van der Waals surface area contributed by atoms with Crippen molar-refractivity contribution in [1.82, 2.24) is 0 Å². The van der Waals surface area contributed by atoms with Gasteiger partial charge in [-0.05, 0) is 31.4 Å². The van der Waals surface area contributed by atoms with E-state index in [2.05, 4.69) is 6.07 Å². The van der Waals surface area contributed by atoms with Gasteiger partial charge in [-0.2, -0.15) is 5.26 Å². The molecule has 0 saturated heterocycles. The minimum absolute atomic E-state index is 0.0581. The van der Waals surface area contributed by atoms with Gasteiger partial charge in [-0.25, -0.2) is 0 Å². The fourth-order valence-electron chi connectivity index (χ4n) is 2.24. The third-order valence-electron chi connectivity index (χ3n) is 3.15. The van der Waals surface area contributed by atoms with Crippen molar-refractivity contribution in [1.29, 1.82) is 5.26 Å². The average molecular weight is 215 g/mol. The summed E-state index contributed by atoms with van der Waals surface area (Å²) in [6.07, 6.45) is 5.63. The van der Waals surface area contributed by atoms with Gasteiger partial charge in [0, 0.05) is 0 Å². The Morgan fingerprint density at radius 1 is 1.06 bits per heavy atom. The minimum atomic E-state index is 0.0581. The fraction of sp³-hybridized carbons (Fsp3) is 0.500. The highest BCUT2D eigenvalue weighted by Gasteiger charge is 2.24. The number of hydrogen-bond acceptors (Lipinski definition) is 2. The maximum absolute atomic E-state index is 9.13. The summed E-state index contributed by atoms with van der Waals surface area (Å²) >= 11 is 0. The number of nitriles is 1. The number of rotatable bonds is 2. The molecule has 2 heteroatoms. The van der Waals surface area contributed by atoms with E-state index in [-0.39, 0.29) is 12.0 Å². The molecule has 1 fully saturated rings. The van der Waals surface area contributed by atoms with Crippen molar-refractivity contribution < 1.29 is 4.74 Å². The van der Waals surface area contributed by atoms with Gasteiger partial charge in [-0.1, -0.05) is 31.0 Å². The van der Waals surface area contributed by atoms with E-state index in [0.717, 1.165) is 25.0 Å². The van der Waals surface area contributed by atoms with Crippen LogP contribution in [0.5, 0.6) is 5.75 Å². The van der Waals surface area contributed by atoms with E-state index in [4.69, 9.17) is 10.00 Å². The molecule has 0 amide bonds. The highest BCUT2D eigenvalue weighted by atomic mass is 16.5. The number of hydrogen-bond donors (Lipinski definition) is 0. The summed E-state index contributed by atoms with van der Waals surface area (Å²) < 4.78 is 5.92. The minimum Gasteiger partial charge on any atom is -0.489 e. The van der Waals surface area contributed by atoms with E-state index in [0.29, 0.717) is 0 Å². The Morgan fingerprint density at radius 2 is 1.81 bits per heavy atom. The molecule has 1 aliphatic rings. The van der Waals surface area contributed by atoms with E-state index >= 15 is 0 Å². The Hall–Kier alpha value is -1.49. The zero-order valence-corrected chi connectivity index (χ0v) is 9.43. The number of para-hydroxylation sites is 1. The molecule has 1 aliphatic carbocycles. The molecule has 2 rings (SSSR count). The molecule has 1 saturated carbocycles. The van der Waals surface area contributed by atoms with Crippen LogP contribution in [0.1, 0.15) is 32.1 Å². The molecular weight excluding hydrogens is 198 g/mol. The molecule has 0 spiro atoms. The van der Waals surface area contributed by atoms with E-state index < -0.39 is 0 Å². The summed E-state index contributed by atoms with van der Waals surface area (Å²) in [6, 6.07) is 12.2. The van der Waals surface area contributed by atoms with Crippen molar-refractivity contribution in [3.63, 3.8) is 0 Å². The molecule has 84 valence electrons. The molecule has 0 radical (unpaired) electrons. The molecule has 1 aromatic rings. The maximum atomic E-state index is 9.13. The van der Waals surface area contributed by atoms with Crippen LogP contribution < -0.4 is 4.74 Å². The summed E-state index contributed by atoms with van der Waals surface area (Å²) in [7, 11) is 0. The Bertz CT molecular complexity index is 355. The van der Waals surface area contributed by atoms with E-state index in [9.17, 15) is 0 Å². The molecule has 2 nitrogen and oxygen atoms in total. The number of nitrogens with zero attached hydrogens (tertiary/aromatic N) is 1. The van der Waals surface area contributed by atoms with Crippen molar-refractivity contribution in [2.24, 2.45) is 5.92 Å². The van der Waals surface area contributed by atoms with Crippen molar-refractivity contribution in [2.45, 2.75) is 38.2 Å². The lowest BCUT2D eigenvalue weighted by Gasteiger charge is -2.21. The second kappa shape index (κ2) is 5.55. The monoisotopic (exact) mass is 215 g/mol. The van der Waals surface area contributed by atoms with Gasteiger partial charge in [0.15, 0.2) is 0 Å². The Labute approximate surface area is 96.9 Å². The van der Waals surface area contributed by atoms with E-state index in [1.54, 1.807) is 0 Å². The van der Waals surface area contributed by atoms with Crippen LogP contribution >= 0.6 is 0 Å². The predicted molar refractivity (Wildman–Crippen MR) is 63.0 cm³/mol. The smallest absolute Gasteiger partial charge is 0.119 e. The molecule has 0 aliphatic heterocycles. The lowest BCUT2D eigenvalue weighted by Crippen LogP contribution is -2.24. The third-order valence-corrected chi connectivity index (χ3v) is 3.15. The SMILES string of the molecule is N#CC1CCCCCC1Oc1ccccc1. The molecule has 2 atom stereocenters. The summed E-state index contributed by atoms with van der Waals surface area (Å²) in [5.41, 5.74) is 0. The Kier molecular flexibility index (Phi) is 3.82. The average Bonchev–Trinajstić information content (AvgIpc) is 2.55.